The Morgan fingerprint density at radius 1 is 1.15 bits per heavy atom. The first-order chi connectivity index (χ1) is 18.9. The van der Waals surface area contributed by atoms with Crippen LogP contribution in [0.25, 0.3) is 10.8 Å². The van der Waals surface area contributed by atoms with Crippen LogP contribution in [0, 0.1) is 29.5 Å². The maximum absolute atomic E-state index is 15.9. The van der Waals surface area contributed by atoms with Crippen LogP contribution in [0.2, 0.25) is 0 Å². The fraction of sp³-hybridized carbons (Fsp3) is 0.483. The number of Topliss-reactive ketones (excluding diaryl/α,β-unsaturated/α-hetero) is 4. The summed E-state index contributed by atoms with van der Waals surface area (Å²) >= 11 is 0. The number of fused-ring (bicyclic) bond motifs is 4. The van der Waals surface area contributed by atoms with E-state index in [1.54, 1.807) is 18.2 Å². The van der Waals surface area contributed by atoms with Crippen LogP contribution in [0.15, 0.2) is 18.2 Å². The molecule has 4 aliphatic rings. The van der Waals surface area contributed by atoms with Gasteiger partial charge in [0, 0.05) is 28.8 Å². The number of halogens is 1. The number of ketones is 4. The van der Waals surface area contributed by atoms with Gasteiger partial charge in [-0.25, -0.2) is 4.39 Å². The second kappa shape index (κ2) is 8.98. The number of carbonyl (C=O) groups excluding carboxylic acids is 5. The number of benzene rings is 2. The molecule has 1 aliphatic heterocycles. The number of aliphatic hydroxyl groups is 1. The molecular weight excluding hydrogens is 521 g/mol. The minimum Gasteiger partial charge on any atom is -0.507 e. The number of aromatic hydroxyl groups is 1. The molecule has 2 aromatic rings. The lowest BCUT2D eigenvalue weighted by Crippen LogP contribution is -2.74. The number of likely N-dealkylation sites (tertiary alicyclic amines) is 1. The van der Waals surface area contributed by atoms with Gasteiger partial charge < -0.3 is 15.9 Å². The highest BCUT2D eigenvalue weighted by Crippen LogP contribution is 2.52. The smallest absolute Gasteiger partial charge is 0.235 e. The third-order valence-electron chi connectivity index (χ3n) is 9.39. The van der Waals surface area contributed by atoms with Crippen molar-refractivity contribution in [2.45, 2.75) is 37.5 Å². The standard InChI is InChI=1S/C29H30FN3O7/c1-32(2)22-17-10-13-9-16-19(23(34)15-8-12(11-33-6-3-7-33)4-5-14(15)21(16)30)24(35)18(13)26(37)29(17,40)27(38)20(25(22)36)28(31)39/h4-5,8,13,17-18,20,22,34,40H,3,6-7,9-11H2,1-2H3,(H2,31,39)/t13-,17-,18?,20?,22-,29-/m0/s1. The molecule has 2 aromatic carbocycles. The molecule has 11 heteroatoms. The van der Waals surface area contributed by atoms with Crippen molar-refractivity contribution >= 4 is 39.8 Å². The van der Waals surface area contributed by atoms with Crippen LogP contribution in [-0.2, 0) is 32.1 Å². The average Bonchev–Trinajstić information content (AvgIpc) is 2.86. The molecule has 4 N–H and O–H groups in total. The molecule has 1 heterocycles. The van der Waals surface area contributed by atoms with E-state index in [1.807, 2.05) is 0 Å². The van der Waals surface area contributed by atoms with Gasteiger partial charge in [0.1, 0.15) is 11.6 Å². The topological polar surface area (TPSA) is 158 Å². The molecule has 1 saturated heterocycles. The summed E-state index contributed by atoms with van der Waals surface area (Å²) in [5.41, 5.74) is 2.99. The molecule has 2 saturated carbocycles. The molecule has 0 radical (unpaired) electrons. The Balaban J connectivity index is 1.47. The van der Waals surface area contributed by atoms with E-state index in [4.69, 9.17) is 5.73 Å². The Bertz CT molecular complexity index is 1530. The van der Waals surface area contributed by atoms with E-state index in [9.17, 15) is 34.2 Å². The largest absolute Gasteiger partial charge is 0.507 e. The van der Waals surface area contributed by atoms with E-state index in [2.05, 4.69) is 4.90 Å². The summed E-state index contributed by atoms with van der Waals surface area (Å²) in [6.45, 7) is 2.48. The Morgan fingerprint density at radius 3 is 2.45 bits per heavy atom. The van der Waals surface area contributed by atoms with Crippen molar-refractivity contribution in [2.75, 3.05) is 27.2 Å². The number of hydrogen-bond donors (Lipinski definition) is 3. The molecule has 1 amide bonds. The van der Waals surface area contributed by atoms with Gasteiger partial charge in [-0.15, -0.1) is 0 Å². The van der Waals surface area contributed by atoms with E-state index in [1.165, 1.54) is 19.0 Å². The highest BCUT2D eigenvalue weighted by Gasteiger charge is 2.69. The van der Waals surface area contributed by atoms with Crippen LogP contribution in [0.4, 0.5) is 4.39 Å². The quantitative estimate of drug-likeness (QED) is 0.457. The minimum atomic E-state index is -2.81. The zero-order chi connectivity index (χ0) is 28.8. The zero-order valence-corrected chi connectivity index (χ0v) is 22.1. The van der Waals surface area contributed by atoms with E-state index < -0.39 is 75.9 Å². The molecule has 3 fully saturated rings. The maximum Gasteiger partial charge on any atom is 0.235 e. The second-order valence-corrected chi connectivity index (χ2v) is 11.8. The molecule has 6 atom stereocenters. The molecule has 0 bridgehead atoms. The lowest BCUT2D eigenvalue weighted by Gasteiger charge is -2.52. The van der Waals surface area contributed by atoms with Gasteiger partial charge in [-0.1, -0.05) is 12.1 Å². The van der Waals surface area contributed by atoms with Gasteiger partial charge in [-0.2, -0.15) is 0 Å². The van der Waals surface area contributed by atoms with Gasteiger partial charge in [-0.05, 0) is 64.0 Å². The normalized spacial score (nSPS) is 32.1. The Labute approximate surface area is 228 Å². The molecule has 2 unspecified atom stereocenters. The monoisotopic (exact) mass is 551 g/mol. The van der Waals surface area contributed by atoms with E-state index >= 15 is 4.39 Å². The summed E-state index contributed by atoms with van der Waals surface area (Å²) in [5, 5.41) is 23.2. The summed E-state index contributed by atoms with van der Waals surface area (Å²) in [4.78, 5) is 70.0. The fourth-order valence-electron chi connectivity index (χ4n) is 7.36. The lowest BCUT2D eigenvalue weighted by atomic mass is 9.52. The molecule has 3 aliphatic carbocycles. The predicted octanol–water partition coefficient (Wildman–Crippen LogP) is 0.365. The third kappa shape index (κ3) is 3.47. The van der Waals surface area contributed by atoms with Gasteiger partial charge in [0.25, 0.3) is 0 Å². The number of carbonyl (C=O) groups is 5. The van der Waals surface area contributed by atoms with Crippen LogP contribution in [0.3, 0.4) is 0 Å². The number of phenolic OH excluding ortho intramolecular Hbond substituents is 1. The summed E-state index contributed by atoms with van der Waals surface area (Å²) in [6.07, 6.45) is 0.846. The van der Waals surface area contributed by atoms with E-state index in [-0.39, 0.29) is 34.7 Å². The van der Waals surface area contributed by atoms with Crippen LogP contribution in [0.1, 0.15) is 34.3 Å². The fourth-order valence-corrected chi connectivity index (χ4v) is 7.36. The summed E-state index contributed by atoms with van der Waals surface area (Å²) < 4.78 is 15.9. The summed E-state index contributed by atoms with van der Waals surface area (Å²) in [7, 11) is 3.02. The van der Waals surface area contributed by atoms with Gasteiger partial charge in [0.15, 0.2) is 34.7 Å². The second-order valence-electron chi connectivity index (χ2n) is 11.8. The number of amides is 1. The zero-order valence-electron chi connectivity index (χ0n) is 22.1. The number of phenols is 1. The lowest BCUT2D eigenvalue weighted by molar-refractivity contribution is -0.181. The average molecular weight is 552 g/mol. The SMILES string of the molecule is CN(C)[C@@H]1C(=O)C(C(N)=O)C(=O)[C@@]2(O)C(=O)C3C(=O)c4c(c(F)c5ccc(CN6CCC6)cc5c4O)C[C@H]3C[C@@H]12. The van der Waals surface area contributed by atoms with Gasteiger partial charge in [0.2, 0.25) is 5.91 Å². The molecule has 0 aromatic heterocycles. The first-order valence-electron chi connectivity index (χ1n) is 13.4. The van der Waals surface area contributed by atoms with Crippen molar-refractivity contribution < 1.29 is 38.6 Å². The van der Waals surface area contributed by atoms with Crippen molar-refractivity contribution in [3.63, 3.8) is 0 Å². The maximum atomic E-state index is 15.9. The number of primary amides is 1. The Morgan fingerprint density at radius 2 is 1.85 bits per heavy atom. The number of likely N-dealkylation sites (N-methyl/N-ethyl adjacent to an activating group) is 1. The molecule has 6 rings (SSSR count). The van der Waals surface area contributed by atoms with Crippen LogP contribution >= 0.6 is 0 Å². The van der Waals surface area contributed by atoms with Crippen LogP contribution in [-0.4, -0.2) is 87.9 Å². The number of nitrogens with two attached hydrogens (primary N) is 1. The van der Waals surface area contributed by atoms with E-state index in [0.717, 1.165) is 25.1 Å². The van der Waals surface area contributed by atoms with Gasteiger partial charge in [0.05, 0.1) is 17.5 Å². The summed E-state index contributed by atoms with van der Waals surface area (Å²) in [6, 6.07) is 3.78. The van der Waals surface area contributed by atoms with Crippen molar-refractivity contribution in [3.8, 4) is 5.75 Å². The Hall–Kier alpha value is -3.54. The van der Waals surface area contributed by atoms with Crippen LogP contribution < -0.4 is 5.73 Å². The molecular formula is C29H30FN3O7. The van der Waals surface area contributed by atoms with Crippen LogP contribution in [0.5, 0.6) is 5.75 Å². The highest BCUT2D eigenvalue weighted by molar-refractivity contribution is 6.32. The van der Waals surface area contributed by atoms with Crippen molar-refractivity contribution in [1.82, 2.24) is 9.80 Å². The molecule has 0 spiro atoms. The number of nitrogens with zero attached hydrogens (tertiary/aromatic N) is 2. The van der Waals surface area contributed by atoms with Crippen molar-refractivity contribution in [3.05, 3.63) is 40.7 Å². The van der Waals surface area contributed by atoms with E-state index in [0.29, 0.717) is 6.54 Å². The first kappa shape index (κ1) is 26.7. The minimum absolute atomic E-state index is 0.0325. The Kier molecular flexibility index (Phi) is 5.99. The van der Waals surface area contributed by atoms with Crippen molar-refractivity contribution in [2.24, 2.45) is 29.4 Å². The summed E-state index contributed by atoms with van der Waals surface area (Å²) in [5.74, 6) is -12.3. The van der Waals surface area contributed by atoms with Gasteiger partial charge in [-0.3, -0.25) is 33.8 Å². The third-order valence-corrected chi connectivity index (χ3v) is 9.39. The highest BCUT2D eigenvalue weighted by atomic mass is 19.1. The van der Waals surface area contributed by atoms with Crippen molar-refractivity contribution in [1.29, 1.82) is 0 Å². The predicted molar refractivity (Wildman–Crippen MR) is 139 cm³/mol. The number of rotatable bonds is 4. The first-order valence-corrected chi connectivity index (χ1v) is 13.4. The molecule has 40 heavy (non-hydrogen) atoms. The molecule has 210 valence electrons. The molecule has 10 nitrogen and oxygen atoms in total. The van der Waals surface area contributed by atoms with Gasteiger partial charge >= 0.3 is 0 Å². The number of hydrogen-bond acceptors (Lipinski definition) is 9.